The van der Waals surface area contributed by atoms with Crippen LogP contribution < -0.4 is 38.8 Å². The van der Waals surface area contributed by atoms with Crippen molar-refractivity contribution in [1.29, 1.82) is 0 Å². The van der Waals surface area contributed by atoms with Crippen molar-refractivity contribution in [2.24, 2.45) is 0 Å². The Hall–Kier alpha value is -14.3. The molecule has 0 spiro atoms. The maximum atomic E-state index is 15.8. The number of fused-ring (bicyclic) bond motifs is 6. The third-order valence-corrected chi connectivity index (χ3v) is 20.1. The van der Waals surface area contributed by atoms with E-state index >= 15 is 8.78 Å². The van der Waals surface area contributed by atoms with Crippen LogP contribution in [0.2, 0.25) is 0 Å². The molecule has 20 aromatic carbocycles. The first-order valence-corrected chi connectivity index (χ1v) is 36.0. The second-order valence-corrected chi connectivity index (χ2v) is 26.7. The molecule has 1 aromatic heterocycles. The summed E-state index contributed by atoms with van der Waals surface area (Å²) in [5.74, 6) is -1.29. The first-order valence-electron chi connectivity index (χ1n) is 48.5. The molecule has 0 aliphatic heterocycles. The van der Waals surface area contributed by atoms with Gasteiger partial charge in [-0.25, -0.2) is 13.8 Å². The van der Waals surface area contributed by atoms with E-state index in [4.69, 9.17) is 34.3 Å². The molecule has 0 amide bonds. The zero-order valence-corrected chi connectivity index (χ0v) is 60.5. The monoisotopic (exact) mass is 1480 g/mol. The van der Waals surface area contributed by atoms with Gasteiger partial charge >= 0.3 is 18.9 Å². The first kappa shape index (κ1) is 48.4. The van der Waals surface area contributed by atoms with Crippen molar-refractivity contribution in [1.82, 2.24) is 0 Å². The number of H-pyrrole nitrogens is 1. The normalized spacial score (nSPS) is 14.3. The molecule has 7 heteroatoms. The van der Waals surface area contributed by atoms with Crippen LogP contribution in [0.3, 0.4) is 0 Å². The van der Waals surface area contributed by atoms with Crippen molar-refractivity contribution in [2.45, 2.75) is 0 Å². The number of hydrogen-bond donors (Lipinski definition) is 0. The quantitative estimate of drug-likeness (QED) is 0.0696. The van der Waals surface area contributed by atoms with Crippen LogP contribution in [0.4, 0.5) is 42.9 Å². The molecule has 0 radical (unpaired) electrons. The van der Waals surface area contributed by atoms with Crippen molar-refractivity contribution in [2.75, 3.05) is 9.80 Å². The molecule has 0 saturated heterocycles. The molecule has 0 fully saturated rings. The van der Waals surface area contributed by atoms with E-state index in [2.05, 4.69) is 71.7 Å². The van der Waals surface area contributed by atoms with Crippen LogP contribution in [-0.2, 0) is 0 Å². The third kappa shape index (κ3) is 13.7. The number of pyridine rings is 1. The molecular weight excluding hydrogens is 1390 g/mol. The largest absolute Gasteiger partial charge is 1.00 e. The first-order chi connectivity index (χ1) is 66.1. The van der Waals surface area contributed by atoms with Gasteiger partial charge < -0.3 is 14.9 Å². The van der Waals surface area contributed by atoms with E-state index in [1.807, 2.05) is 91.0 Å². The van der Waals surface area contributed by atoms with Crippen molar-refractivity contribution in [3.8, 4) is 72.5 Å². The van der Waals surface area contributed by atoms with Gasteiger partial charge in [0, 0.05) is 45.0 Å². The minimum atomic E-state index is -0.669. The third-order valence-electron chi connectivity index (χ3n) is 20.1. The van der Waals surface area contributed by atoms with Crippen molar-refractivity contribution in [3.05, 3.63) is 436 Å². The summed E-state index contributed by atoms with van der Waals surface area (Å²) < 4.78 is 249. The summed E-state index contributed by atoms with van der Waals surface area (Å²) in [5.41, 5.74) is 4.02. The Kier molecular flexibility index (Phi) is 13.3. The number of anilines is 6. The van der Waals surface area contributed by atoms with E-state index in [1.165, 1.54) is 83.6 Å². The van der Waals surface area contributed by atoms with Crippen LogP contribution >= 0.6 is 0 Å². The van der Waals surface area contributed by atoms with Gasteiger partial charge in [-0.15, -0.1) is 0 Å². The van der Waals surface area contributed by atoms with Crippen molar-refractivity contribution < 1.29 is 72.0 Å². The van der Waals surface area contributed by atoms with Crippen LogP contribution in [-0.4, -0.2) is 0 Å². The van der Waals surface area contributed by atoms with E-state index in [-0.39, 0.29) is 128 Å². The Labute approximate surface area is 707 Å². The molecule has 21 rings (SSSR count). The summed E-state index contributed by atoms with van der Waals surface area (Å²) in [6, 6.07) is 64.3. The van der Waals surface area contributed by atoms with Gasteiger partial charge in [-0.1, -0.05) is 309 Å². The van der Waals surface area contributed by atoms with Gasteiger partial charge in [-0.2, -0.15) is 0 Å². The molecular formula is C107H71F2LiN3O+. The summed E-state index contributed by atoms with van der Waals surface area (Å²) >= 11 is 0. The molecule has 0 aliphatic carbocycles. The fourth-order valence-corrected chi connectivity index (χ4v) is 15.3. The van der Waals surface area contributed by atoms with Crippen molar-refractivity contribution in [3.63, 3.8) is 0 Å². The number of rotatable bonds is 12. The predicted molar refractivity (Wildman–Crippen MR) is 468 cm³/mol. The number of nitrogens with zero attached hydrogens (tertiary/aromatic N) is 2. The fourth-order valence-electron chi connectivity index (χ4n) is 15.3. The Morgan fingerprint density at radius 1 is 0.263 bits per heavy atom. The number of para-hydroxylation sites is 1. The van der Waals surface area contributed by atoms with Gasteiger partial charge in [0.1, 0.15) is 11.6 Å². The summed E-state index contributed by atoms with van der Waals surface area (Å²) in [6.07, 6.45) is 1.75. The summed E-state index contributed by atoms with van der Waals surface area (Å²) in [6.45, 7) is 0. The van der Waals surface area contributed by atoms with Gasteiger partial charge in [0.2, 0.25) is 5.52 Å². The average Bonchev–Trinajstić information content (AvgIpc) is 0.714. The SMILES string of the molecule is [2H]c1c([2H])c([2H])c(-c2c3ccccc3c(-c3cc4ccccc4c4ccccc34)c3ccccc23)c([2H])c1[2H].[2H]c1c([2H])c([2H])c(-c2cc(-c3c([2H])c([2H])c([2H])c([2H])c3[2H])cc(N(c3cccc(F)c3)c3ccc4ccc5c(N(c6cccc(F)c6)c6cc(-c7c([2H])c([2H])c([2H])c([2H])c7[2H])cc(-c7c([2H])c([2H])c([2H])c([2H])c7[2H])c6)ccc6ccc3c4c65)c2)c([2H])c1[2H].[Li+].[O-]c1cccc2ccc[nH+]c12. The summed E-state index contributed by atoms with van der Waals surface area (Å²) in [4.78, 5) is 6.18. The molecule has 0 atom stereocenters. The predicted octanol–water partition coefficient (Wildman–Crippen LogP) is 25.8. The molecule has 0 aliphatic rings. The molecule has 0 saturated carbocycles. The van der Waals surface area contributed by atoms with Crippen LogP contribution in [0, 0.1) is 11.6 Å². The second kappa shape index (κ2) is 31.3. The molecule has 534 valence electrons. The van der Waals surface area contributed by atoms with Crippen LogP contribution in [0.5, 0.6) is 5.75 Å². The minimum absolute atomic E-state index is 0. The maximum absolute atomic E-state index is 15.8. The van der Waals surface area contributed by atoms with Gasteiger partial charge in [0.25, 0.3) is 0 Å². The van der Waals surface area contributed by atoms with E-state index in [1.54, 1.807) is 52.4 Å². The number of halogens is 2. The Morgan fingerprint density at radius 2 is 0.632 bits per heavy atom. The number of aromatic amines is 1. The molecule has 1 heterocycles. The zero-order chi connectivity index (χ0) is 97.5. The zero-order valence-electron chi connectivity index (χ0n) is 85.5. The van der Waals surface area contributed by atoms with Crippen LogP contribution in [0.15, 0.2) is 424 Å². The van der Waals surface area contributed by atoms with Gasteiger partial charge in [-0.3, -0.25) is 0 Å². The van der Waals surface area contributed by atoms with Gasteiger partial charge in [-0.05, 0) is 240 Å². The number of benzene rings is 20. The molecule has 21 aromatic rings. The number of aromatic nitrogens is 1. The van der Waals surface area contributed by atoms with Gasteiger partial charge in [0.15, 0.2) is 6.20 Å². The van der Waals surface area contributed by atoms with Crippen LogP contribution in [0.1, 0.15) is 34.3 Å². The van der Waals surface area contributed by atoms with E-state index in [0.29, 0.717) is 54.8 Å². The Balaban J connectivity index is 0.000000204. The average molecular weight is 1480 g/mol. The second-order valence-electron chi connectivity index (χ2n) is 26.7. The van der Waals surface area contributed by atoms with Crippen LogP contribution in [0.25, 0.3) is 153 Å². The molecule has 1 N–H and O–H groups in total. The molecule has 4 nitrogen and oxygen atoms in total. The molecule has 114 heavy (non-hydrogen) atoms. The molecule has 0 bridgehead atoms. The number of hydrogen-bond acceptors (Lipinski definition) is 3. The Morgan fingerprint density at radius 3 is 1.07 bits per heavy atom. The standard InChI is InChI=1S/C64H42F2N2.C34H22.C9H7NO.Li/c65-53-23-13-25-55(41-53)67(57-37-49(43-15-5-1-6-16-43)35-50(38-57)44-17-7-2-8-18-44)61-33-29-47-28-32-60-62(34-30-48-27-31-59(61)63(47)64(48)60)68(56-26-14-24-54(66)42-56)58-39-51(45-19-9-3-10-20-45)36-52(40-58)46-21-11-4-12-22-46;1-2-12-23(13-3-1)33-28-18-8-10-20-30(28)34(31-21-11-9-19-29(31)33)32-22-24-14-4-5-15-25(24)26-16-6-7-17-27(26)32;11-8-5-1-3-7-4-2-6-10-9(7)8;/h1-42H;1-22H;1-6,11H;/q;;;+1/i1D,2D,3D,4D,5D,6D,7D,8D,9D,10D,11D,12D,15D,16D,17D,18D,19D,20D,21D,22D;1D,2D,3D,12D,13D;;. The minimum Gasteiger partial charge on any atom is -0.868 e. The maximum Gasteiger partial charge on any atom is 1.00 e. The van der Waals surface area contributed by atoms with Gasteiger partial charge in [0.05, 0.1) is 45.6 Å². The summed E-state index contributed by atoms with van der Waals surface area (Å²) in [7, 11) is 0. The van der Waals surface area contributed by atoms with E-state index in [9.17, 15) is 5.11 Å². The van der Waals surface area contributed by atoms with E-state index in [0.717, 1.165) is 48.8 Å². The number of nitrogens with one attached hydrogen (secondary N) is 1. The van der Waals surface area contributed by atoms with Crippen molar-refractivity contribution >= 4 is 120 Å². The topological polar surface area (TPSA) is 43.7 Å². The van der Waals surface area contributed by atoms with E-state index < -0.39 is 132 Å². The Bertz CT molecular complexity index is 8080. The smallest absolute Gasteiger partial charge is 0.868 e. The fraction of sp³-hybridized carbons (Fsp3) is 0. The summed E-state index contributed by atoms with van der Waals surface area (Å²) in [5, 5.41) is 24.1. The molecule has 0 unspecified atom stereocenters.